The molecule has 21 heavy (non-hydrogen) atoms. The largest absolute Gasteiger partial charge is 0.480 e. The summed E-state index contributed by atoms with van der Waals surface area (Å²) in [4.78, 5) is 21.1. The lowest BCUT2D eigenvalue weighted by Crippen LogP contribution is -2.27. The Labute approximate surface area is 122 Å². The van der Waals surface area contributed by atoms with Gasteiger partial charge < -0.3 is 25.2 Å². The van der Waals surface area contributed by atoms with E-state index >= 15 is 0 Å². The smallest absolute Gasteiger partial charge is 0.323 e. The van der Waals surface area contributed by atoms with Gasteiger partial charge in [0.05, 0.1) is 18.9 Å². The minimum atomic E-state index is -0.924. The Morgan fingerprint density at radius 3 is 3.00 bits per heavy atom. The van der Waals surface area contributed by atoms with Gasteiger partial charge in [0.2, 0.25) is 5.95 Å². The highest BCUT2D eigenvalue weighted by Crippen LogP contribution is 2.26. The molecule has 0 aromatic carbocycles. The van der Waals surface area contributed by atoms with Crippen LogP contribution in [0.3, 0.4) is 0 Å². The molecule has 1 aromatic rings. The Morgan fingerprint density at radius 2 is 2.38 bits per heavy atom. The molecule has 0 aliphatic carbocycles. The van der Waals surface area contributed by atoms with Crippen molar-refractivity contribution in [1.82, 2.24) is 9.97 Å². The number of aliphatic carboxylic acids is 1. The predicted molar refractivity (Wildman–Crippen MR) is 76.7 cm³/mol. The van der Waals surface area contributed by atoms with Crippen LogP contribution in [0.1, 0.15) is 18.0 Å². The summed E-state index contributed by atoms with van der Waals surface area (Å²) in [6.07, 6.45) is 0.887. The van der Waals surface area contributed by atoms with Crippen molar-refractivity contribution in [2.75, 3.05) is 50.2 Å². The van der Waals surface area contributed by atoms with Gasteiger partial charge in [-0.3, -0.25) is 4.79 Å². The maximum atomic E-state index is 10.8. The number of carbonyl (C=O) groups is 1. The molecule has 116 valence electrons. The number of anilines is 2. The van der Waals surface area contributed by atoms with Crippen LogP contribution >= 0.6 is 0 Å². The molecular formula is C13H20N4O4. The first-order chi connectivity index (χ1) is 10.1. The summed E-state index contributed by atoms with van der Waals surface area (Å²) >= 11 is 0. The van der Waals surface area contributed by atoms with Crippen molar-refractivity contribution in [3.63, 3.8) is 0 Å². The number of nitrogens with one attached hydrogen (secondary N) is 1. The minimum absolute atomic E-state index is 0.0274. The summed E-state index contributed by atoms with van der Waals surface area (Å²) in [5.74, 6) is 0.196. The molecule has 0 spiro atoms. The van der Waals surface area contributed by atoms with Crippen LogP contribution < -0.4 is 10.2 Å². The summed E-state index contributed by atoms with van der Waals surface area (Å²) in [5.41, 5.74) is 0.829. The molecule has 1 aliphatic heterocycles. The highest BCUT2D eigenvalue weighted by atomic mass is 16.5. The zero-order valence-corrected chi connectivity index (χ0v) is 11.9. The predicted octanol–water partition coefficient (Wildman–Crippen LogP) is -0.0945. The first-order valence-corrected chi connectivity index (χ1v) is 6.84. The van der Waals surface area contributed by atoms with Crippen LogP contribution in [0, 0.1) is 0 Å². The fourth-order valence-electron chi connectivity index (χ4n) is 2.16. The minimum Gasteiger partial charge on any atom is -0.480 e. The number of hydrogen-bond donors (Lipinski definition) is 3. The Bertz CT molecular complexity index is 491. The zero-order chi connectivity index (χ0) is 15.2. The fourth-order valence-corrected chi connectivity index (χ4v) is 2.16. The van der Waals surface area contributed by atoms with E-state index in [2.05, 4.69) is 15.3 Å². The van der Waals surface area contributed by atoms with E-state index in [1.807, 2.05) is 0 Å². The second kappa shape index (κ2) is 7.19. The number of aromatic nitrogens is 2. The number of carboxylic acids is 1. The van der Waals surface area contributed by atoms with Crippen molar-refractivity contribution in [2.45, 2.75) is 12.3 Å². The zero-order valence-electron chi connectivity index (χ0n) is 11.9. The second-order valence-corrected chi connectivity index (χ2v) is 4.94. The highest BCUT2D eigenvalue weighted by Gasteiger charge is 2.21. The molecule has 1 aromatic heterocycles. The highest BCUT2D eigenvalue weighted by molar-refractivity contribution is 5.73. The number of carboxylic acid groups (broad SMARTS) is 1. The van der Waals surface area contributed by atoms with Crippen LogP contribution in [0.5, 0.6) is 0 Å². The average molecular weight is 296 g/mol. The lowest BCUT2D eigenvalue weighted by Gasteiger charge is -2.19. The quantitative estimate of drug-likeness (QED) is 0.640. The van der Waals surface area contributed by atoms with Gasteiger partial charge in [-0.25, -0.2) is 4.98 Å². The Hall–Kier alpha value is -1.93. The van der Waals surface area contributed by atoms with Gasteiger partial charge >= 0.3 is 5.97 Å². The van der Waals surface area contributed by atoms with Crippen LogP contribution in [-0.2, 0) is 9.53 Å². The Kier molecular flexibility index (Phi) is 5.29. The average Bonchev–Trinajstić information content (AvgIpc) is 2.98. The number of nitrogens with zero attached hydrogens (tertiary/aromatic N) is 3. The topological polar surface area (TPSA) is 108 Å². The van der Waals surface area contributed by atoms with E-state index in [1.54, 1.807) is 18.0 Å². The molecule has 3 N–H and O–H groups in total. The third kappa shape index (κ3) is 4.27. The molecule has 8 nitrogen and oxygen atoms in total. The first kappa shape index (κ1) is 15.5. The standard InChI is InChI=1S/C13H20N4O4/c1-17(7-12(19)20)11-6-10(9-2-5-21-8-9)15-13(16-11)14-3-4-18/h6,9,18H,2-5,7-8H2,1H3,(H,19,20)(H,14,15,16)/t9-/m0/s1. The second-order valence-electron chi connectivity index (χ2n) is 4.94. The summed E-state index contributed by atoms with van der Waals surface area (Å²) in [6.45, 7) is 1.48. The number of likely N-dealkylation sites (N-methyl/N-ethyl adjacent to an activating group) is 1. The number of ether oxygens (including phenoxy) is 1. The Morgan fingerprint density at radius 1 is 1.57 bits per heavy atom. The maximum absolute atomic E-state index is 10.8. The molecule has 1 saturated heterocycles. The van der Waals surface area contributed by atoms with Crippen LogP contribution in [0.15, 0.2) is 6.07 Å². The summed E-state index contributed by atoms with van der Waals surface area (Å²) in [5, 5.41) is 20.7. The van der Waals surface area contributed by atoms with Crippen molar-refractivity contribution in [3.05, 3.63) is 11.8 Å². The van der Waals surface area contributed by atoms with Gasteiger partial charge in [-0.05, 0) is 6.42 Å². The van der Waals surface area contributed by atoms with Crippen molar-refractivity contribution in [1.29, 1.82) is 0 Å². The van der Waals surface area contributed by atoms with Crippen molar-refractivity contribution in [3.8, 4) is 0 Å². The SMILES string of the molecule is CN(CC(=O)O)c1cc([C@H]2CCOC2)nc(NCCO)n1. The van der Waals surface area contributed by atoms with Crippen LogP contribution in [0.4, 0.5) is 11.8 Å². The molecule has 8 heteroatoms. The molecule has 2 rings (SSSR count). The first-order valence-electron chi connectivity index (χ1n) is 6.84. The van der Waals surface area contributed by atoms with E-state index in [1.165, 1.54) is 0 Å². The van der Waals surface area contributed by atoms with E-state index in [9.17, 15) is 4.79 Å². The molecule has 2 heterocycles. The van der Waals surface area contributed by atoms with E-state index in [-0.39, 0.29) is 19.1 Å². The molecule has 0 amide bonds. The van der Waals surface area contributed by atoms with Crippen LogP contribution in [0.2, 0.25) is 0 Å². The molecule has 1 atom stereocenters. The van der Waals surface area contributed by atoms with Crippen molar-refractivity contribution < 1.29 is 19.7 Å². The van der Waals surface area contributed by atoms with Gasteiger partial charge in [0.25, 0.3) is 0 Å². The number of aliphatic hydroxyl groups excluding tert-OH is 1. The lowest BCUT2D eigenvalue weighted by atomic mass is 10.0. The van der Waals surface area contributed by atoms with Gasteiger partial charge in [-0.15, -0.1) is 0 Å². The molecule has 1 fully saturated rings. The van der Waals surface area contributed by atoms with E-state index in [4.69, 9.17) is 14.9 Å². The normalized spacial score (nSPS) is 17.7. The summed E-state index contributed by atoms with van der Waals surface area (Å²) in [6, 6.07) is 1.80. The maximum Gasteiger partial charge on any atom is 0.323 e. The number of rotatable bonds is 7. The third-order valence-electron chi connectivity index (χ3n) is 3.24. The van der Waals surface area contributed by atoms with Gasteiger partial charge in [0.1, 0.15) is 12.4 Å². The van der Waals surface area contributed by atoms with Crippen LogP contribution in [0.25, 0.3) is 0 Å². The van der Waals surface area contributed by atoms with E-state index < -0.39 is 5.97 Å². The third-order valence-corrected chi connectivity index (χ3v) is 3.24. The molecule has 0 saturated carbocycles. The Balaban J connectivity index is 2.24. The summed E-state index contributed by atoms with van der Waals surface area (Å²) in [7, 11) is 1.67. The molecule has 1 aliphatic rings. The number of aliphatic hydroxyl groups is 1. The van der Waals surface area contributed by atoms with Crippen molar-refractivity contribution >= 4 is 17.7 Å². The van der Waals surface area contributed by atoms with Gasteiger partial charge in [-0.2, -0.15) is 4.98 Å². The van der Waals surface area contributed by atoms with Crippen molar-refractivity contribution in [2.24, 2.45) is 0 Å². The van der Waals surface area contributed by atoms with Gasteiger partial charge in [0.15, 0.2) is 0 Å². The summed E-state index contributed by atoms with van der Waals surface area (Å²) < 4.78 is 5.37. The van der Waals surface area contributed by atoms with E-state index in [0.717, 1.165) is 12.1 Å². The molecular weight excluding hydrogens is 276 g/mol. The molecule has 0 radical (unpaired) electrons. The van der Waals surface area contributed by atoms with E-state index in [0.29, 0.717) is 31.5 Å². The van der Waals surface area contributed by atoms with Crippen LogP contribution in [-0.4, -0.2) is 66.1 Å². The molecule has 0 unspecified atom stereocenters. The number of hydrogen-bond acceptors (Lipinski definition) is 7. The lowest BCUT2D eigenvalue weighted by molar-refractivity contribution is -0.135. The van der Waals surface area contributed by atoms with Gasteiger partial charge in [-0.1, -0.05) is 0 Å². The monoisotopic (exact) mass is 296 g/mol. The molecule has 0 bridgehead atoms. The fraction of sp³-hybridized carbons (Fsp3) is 0.615. The van der Waals surface area contributed by atoms with Gasteiger partial charge in [0, 0.05) is 32.2 Å².